The standard InChI is InChI=1S/C15H13BrN2OS/c1-8-3-4-10(7-9(8)2)13-14(18-19-15(13)17)11-5-6-12(16)20-11/h3-7H,17H2,1-2H3. The first-order valence-corrected chi connectivity index (χ1v) is 7.75. The van der Waals surface area contributed by atoms with E-state index in [1.54, 1.807) is 11.3 Å². The highest BCUT2D eigenvalue weighted by Crippen LogP contribution is 2.40. The van der Waals surface area contributed by atoms with E-state index < -0.39 is 0 Å². The van der Waals surface area contributed by atoms with Gasteiger partial charge in [0.15, 0.2) is 0 Å². The van der Waals surface area contributed by atoms with Gasteiger partial charge in [-0.1, -0.05) is 23.4 Å². The molecule has 5 heteroatoms. The van der Waals surface area contributed by atoms with Crippen molar-refractivity contribution in [3.8, 4) is 21.7 Å². The number of hydrogen-bond acceptors (Lipinski definition) is 4. The smallest absolute Gasteiger partial charge is 0.230 e. The van der Waals surface area contributed by atoms with Crippen LogP contribution in [-0.2, 0) is 0 Å². The first-order chi connectivity index (χ1) is 9.56. The fraction of sp³-hybridized carbons (Fsp3) is 0.133. The van der Waals surface area contributed by atoms with Gasteiger partial charge in [-0.25, -0.2) is 0 Å². The first kappa shape index (κ1) is 13.4. The summed E-state index contributed by atoms with van der Waals surface area (Å²) < 4.78 is 6.26. The van der Waals surface area contributed by atoms with E-state index in [4.69, 9.17) is 10.3 Å². The Morgan fingerprint density at radius 1 is 1.15 bits per heavy atom. The quantitative estimate of drug-likeness (QED) is 0.706. The number of thiophene rings is 1. The number of aryl methyl sites for hydroxylation is 2. The van der Waals surface area contributed by atoms with Crippen LogP contribution < -0.4 is 5.73 Å². The van der Waals surface area contributed by atoms with Crippen LogP contribution in [0, 0.1) is 13.8 Å². The molecule has 3 aromatic rings. The molecule has 0 aliphatic rings. The Morgan fingerprint density at radius 2 is 1.95 bits per heavy atom. The average Bonchev–Trinajstić information content (AvgIpc) is 2.99. The number of aromatic nitrogens is 1. The van der Waals surface area contributed by atoms with Crippen molar-refractivity contribution in [2.45, 2.75) is 13.8 Å². The number of nitrogens with two attached hydrogens (primary N) is 1. The summed E-state index contributed by atoms with van der Waals surface area (Å²) >= 11 is 5.08. The zero-order valence-corrected chi connectivity index (χ0v) is 13.5. The van der Waals surface area contributed by atoms with E-state index in [-0.39, 0.29) is 0 Å². The molecule has 0 radical (unpaired) electrons. The van der Waals surface area contributed by atoms with Crippen molar-refractivity contribution in [2.24, 2.45) is 0 Å². The van der Waals surface area contributed by atoms with Crippen molar-refractivity contribution in [3.63, 3.8) is 0 Å². The molecular weight excluding hydrogens is 336 g/mol. The van der Waals surface area contributed by atoms with Gasteiger partial charge in [0.05, 0.1) is 14.2 Å². The molecule has 20 heavy (non-hydrogen) atoms. The Kier molecular flexibility index (Phi) is 3.40. The highest BCUT2D eigenvalue weighted by atomic mass is 79.9. The molecule has 0 fully saturated rings. The maximum atomic E-state index is 5.97. The largest absolute Gasteiger partial charge is 0.367 e. The third-order valence-electron chi connectivity index (χ3n) is 3.32. The number of rotatable bonds is 2. The summed E-state index contributed by atoms with van der Waals surface area (Å²) in [7, 11) is 0. The number of hydrogen-bond donors (Lipinski definition) is 1. The van der Waals surface area contributed by atoms with Gasteiger partial charge in [-0.2, -0.15) is 0 Å². The molecule has 2 heterocycles. The summed E-state index contributed by atoms with van der Waals surface area (Å²) in [6.45, 7) is 4.18. The first-order valence-electron chi connectivity index (χ1n) is 6.14. The van der Waals surface area contributed by atoms with Gasteiger partial charge in [-0.05, 0) is 58.6 Å². The van der Waals surface area contributed by atoms with Crippen molar-refractivity contribution < 1.29 is 4.52 Å². The van der Waals surface area contributed by atoms with E-state index in [0.717, 1.165) is 25.5 Å². The van der Waals surface area contributed by atoms with Crippen molar-refractivity contribution in [2.75, 3.05) is 5.73 Å². The highest BCUT2D eigenvalue weighted by Gasteiger charge is 2.19. The molecule has 1 aromatic carbocycles. The number of nitrogen functional groups attached to an aromatic ring is 1. The Morgan fingerprint density at radius 3 is 2.60 bits per heavy atom. The molecule has 0 amide bonds. The van der Waals surface area contributed by atoms with Crippen molar-refractivity contribution in [3.05, 3.63) is 45.2 Å². The summed E-state index contributed by atoms with van der Waals surface area (Å²) in [6.07, 6.45) is 0. The molecule has 0 atom stereocenters. The highest BCUT2D eigenvalue weighted by molar-refractivity contribution is 9.11. The second-order valence-electron chi connectivity index (χ2n) is 4.67. The molecule has 2 N–H and O–H groups in total. The summed E-state index contributed by atoms with van der Waals surface area (Å²) in [5.74, 6) is 0.354. The lowest BCUT2D eigenvalue weighted by molar-refractivity contribution is 0.439. The Bertz CT molecular complexity index is 776. The third-order valence-corrected chi connectivity index (χ3v) is 4.95. The van der Waals surface area contributed by atoms with Gasteiger partial charge in [-0.3, -0.25) is 0 Å². The molecule has 0 spiro atoms. The Labute approximate surface area is 129 Å². The minimum atomic E-state index is 0.354. The molecule has 0 unspecified atom stereocenters. The lowest BCUT2D eigenvalue weighted by Gasteiger charge is -2.05. The maximum Gasteiger partial charge on any atom is 0.230 e. The molecule has 3 nitrogen and oxygen atoms in total. The minimum absolute atomic E-state index is 0.354. The Hall–Kier alpha value is -1.59. The topological polar surface area (TPSA) is 52.0 Å². The van der Waals surface area contributed by atoms with Crippen molar-refractivity contribution in [1.29, 1.82) is 0 Å². The molecule has 102 valence electrons. The normalized spacial score (nSPS) is 10.9. The predicted molar refractivity (Wildman–Crippen MR) is 86.8 cm³/mol. The molecule has 0 saturated carbocycles. The van der Waals surface area contributed by atoms with Crippen LogP contribution in [0.25, 0.3) is 21.7 Å². The lowest BCUT2D eigenvalue weighted by Crippen LogP contribution is -1.89. The second-order valence-corrected chi connectivity index (χ2v) is 7.14. The van der Waals surface area contributed by atoms with Crippen LogP contribution in [-0.4, -0.2) is 5.16 Å². The fourth-order valence-corrected chi connectivity index (χ4v) is 3.46. The second kappa shape index (κ2) is 5.07. The number of benzene rings is 1. The van der Waals surface area contributed by atoms with Crippen LogP contribution in [0.2, 0.25) is 0 Å². The van der Waals surface area contributed by atoms with Crippen LogP contribution >= 0.6 is 27.3 Å². The van der Waals surface area contributed by atoms with E-state index in [2.05, 4.69) is 53.1 Å². The van der Waals surface area contributed by atoms with Gasteiger partial charge in [0.2, 0.25) is 5.88 Å². The van der Waals surface area contributed by atoms with Gasteiger partial charge >= 0.3 is 0 Å². The van der Waals surface area contributed by atoms with Crippen molar-refractivity contribution >= 4 is 33.2 Å². The van der Waals surface area contributed by atoms with Gasteiger partial charge in [0.1, 0.15) is 5.69 Å². The van der Waals surface area contributed by atoms with Crippen LogP contribution in [0.5, 0.6) is 0 Å². The van der Waals surface area contributed by atoms with Crippen LogP contribution in [0.3, 0.4) is 0 Å². The molecule has 0 aliphatic heterocycles. The van der Waals surface area contributed by atoms with Gasteiger partial charge in [-0.15, -0.1) is 11.3 Å². The number of anilines is 1. The van der Waals surface area contributed by atoms with E-state index in [1.165, 1.54) is 11.1 Å². The van der Waals surface area contributed by atoms with Gasteiger partial charge in [0.25, 0.3) is 0 Å². The van der Waals surface area contributed by atoms with Crippen LogP contribution in [0.1, 0.15) is 11.1 Å². The average molecular weight is 349 g/mol. The molecule has 0 aliphatic carbocycles. The minimum Gasteiger partial charge on any atom is -0.367 e. The van der Waals surface area contributed by atoms with E-state index in [0.29, 0.717) is 5.88 Å². The number of nitrogens with zero attached hydrogens (tertiary/aromatic N) is 1. The van der Waals surface area contributed by atoms with Gasteiger partial charge < -0.3 is 10.3 Å². The maximum absolute atomic E-state index is 5.97. The van der Waals surface area contributed by atoms with Crippen LogP contribution in [0.15, 0.2) is 38.6 Å². The molecule has 0 bridgehead atoms. The summed E-state index contributed by atoms with van der Waals surface area (Å²) in [4.78, 5) is 1.03. The number of halogens is 1. The predicted octanol–water partition coefficient (Wildman–Crippen LogP) is 5.03. The lowest BCUT2D eigenvalue weighted by atomic mass is 10.00. The van der Waals surface area contributed by atoms with E-state index in [1.807, 2.05) is 12.1 Å². The molecular formula is C15H13BrN2OS. The zero-order chi connectivity index (χ0) is 14.3. The monoisotopic (exact) mass is 348 g/mol. The molecule has 2 aromatic heterocycles. The molecule has 0 saturated heterocycles. The molecule has 3 rings (SSSR count). The van der Waals surface area contributed by atoms with Crippen LogP contribution in [0.4, 0.5) is 5.88 Å². The summed E-state index contributed by atoms with van der Waals surface area (Å²) in [6, 6.07) is 10.3. The zero-order valence-electron chi connectivity index (χ0n) is 11.1. The summed E-state index contributed by atoms with van der Waals surface area (Å²) in [5.41, 5.74) is 11.1. The fourth-order valence-electron chi connectivity index (χ4n) is 2.09. The summed E-state index contributed by atoms with van der Waals surface area (Å²) in [5, 5.41) is 4.12. The van der Waals surface area contributed by atoms with E-state index in [9.17, 15) is 0 Å². The SMILES string of the molecule is Cc1ccc(-c2c(-c3ccc(Br)s3)noc2N)cc1C. The van der Waals surface area contributed by atoms with Gasteiger partial charge in [0, 0.05) is 0 Å². The van der Waals surface area contributed by atoms with E-state index >= 15 is 0 Å². The van der Waals surface area contributed by atoms with Crippen molar-refractivity contribution in [1.82, 2.24) is 5.16 Å². The Balaban J connectivity index is 2.18. The third kappa shape index (κ3) is 2.27.